The van der Waals surface area contributed by atoms with Gasteiger partial charge in [-0.2, -0.15) is 0 Å². The van der Waals surface area contributed by atoms with E-state index in [1.807, 2.05) is 30.9 Å². The Kier molecular flexibility index (Phi) is 7.46. The average molecular weight is 482 g/mol. The summed E-state index contributed by atoms with van der Waals surface area (Å²) < 4.78 is 10.6. The number of amides is 2. The van der Waals surface area contributed by atoms with E-state index in [1.165, 1.54) is 18.9 Å². The highest BCUT2D eigenvalue weighted by Crippen LogP contribution is 2.38. The lowest BCUT2D eigenvalue weighted by molar-refractivity contribution is -0.129. The van der Waals surface area contributed by atoms with Crippen LogP contribution in [0.25, 0.3) is 0 Å². The fourth-order valence-electron chi connectivity index (χ4n) is 4.59. The Morgan fingerprint density at radius 3 is 2.44 bits per heavy atom. The Labute approximate surface area is 204 Å². The number of thioether (sulfide) groups is 1. The summed E-state index contributed by atoms with van der Waals surface area (Å²) in [6.07, 6.45) is 4.23. The van der Waals surface area contributed by atoms with E-state index in [2.05, 4.69) is 11.4 Å². The molecule has 34 heavy (non-hydrogen) atoms. The zero-order valence-electron chi connectivity index (χ0n) is 20.1. The summed E-state index contributed by atoms with van der Waals surface area (Å²) in [5.41, 5.74) is 3.64. The van der Waals surface area contributed by atoms with E-state index in [0.29, 0.717) is 22.4 Å². The third kappa shape index (κ3) is 5.38. The Balaban J connectivity index is 1.54. The summed E-state index contributed by atoms with van der Waals surface area (Å²) in [6, 6.07) is 11.5. The number of carbonyl (C=O) groups excluding carboxylic acids is 2. The molecule has 2 fully saturated rings. The lowest BCUT2D eigenvalue weighted by Gasteiger charge is -2.23. The molecule has 180 valence electrons. The molecule has 1 N–H and O–H groups in total. The van der Waals surface area contributed by atoms with Crippen molar-refractivity contribution < 1.29 is 19.1 Å². The second-order valence-electron chi connectivity index (χ2n) is 8.81. The number of amidine groups is 1. The minimum absolute atomic E-state index is 0.0307. The Morgan fingerprint density at radius 2 is 1.79 bits per heavy atom. The van der Waals surface area contributed by atoms with Crippen LogP contribution in [0.5, 0.6) is 11.5 Å². The van der Waals surface area contributed by atoms with Crippen molar-refractivity contribution in [2.45, 2.75) is 57.2 Å². The summed E-state index contributed by atoms with van der Waals surface area (Å²) in [5.74, 6) is 0.865. The maximum Gasteiger partial charge on any atom is 0.242 e. The van der Waals surface area contributed by atoms with Gasteiger partial charge in [-0.25, -0.2) is 4.99 Å². The molecule has 2 aliphatic rings. The van der Waals surface area contributed by atoms with E-state index in [4.69, 9.17) is 14.5 Å². The number of nitrogens with one attached hydrogen (secondary N) is 1. The van der Waals surface area contributed by atoms with Crippen LogP contribution >= 0.6 is 11.8 Å². The monoisotopic (exact) mass is 481 g/mol. The molecular weight excluding hydrogens is 450 g/mol. The summed E-state index contributed by atoms with van der Waals surface area (Å²) in [6.45, 7) is 4.08. The smallest absolute Gasteiger partial charge is 0.242 e. The van der Waals surface area contributed by atoms with Crippen LogP contribution in [0.1, 0.15) is 43.2 Å². The average Bonchev–Trinajstić information content (AvgIpc) is 3.41. The Morgan fingerprint density at radius 1 is 1.09 bits per heavy atom. The first-order chi connectivity index (χ1) is 16.4. The van der Waals surface area contributed by atoms with Gasteiger partial charge in [0, 0.05) is 18.5 Å². The number of aliphatic imine (C=N–C) groups is 1. The third-order valence-corrected chi connectivity index (χ3v) is 7.29. The summed E-state index contributed by atoms with van der Waals surface area (Å²) in [7, 11) is 3.11. The van der Waals surface area contributed by atoms with Crippen molar-refractivity contribution in [2.75, 3.05) is 19.5 Å². The number of methoxy groups -OCH3 is 2. The largest absolute Gasteiger partial charge is 0.497 e. The van der Waals surface area contributed by atoms with Gasteiger partial charge in [-0.05, 0) is 62.1 Å². The van der Waals surface area contributed by atoms with E-state index < -0.39 is 5.25 Å². The zero-order chi connectivity index (χ0) is 24.2. The fraction of sp³-hybridized carbons (Fsp3) is 0.423. The number of nitrogens with zero attached hydrogens (tertiary/aromatic N) is 2. The van der Waals surface area contributed by atoms with Gasteiger partial charge in [-0.3, -0.25) is 14.5 Å². The predicted molar refractivity (Wildman–Crippen MR) is 136 cm³/mol. The first-order valence-corrected chi connectivity index (χ1v) is 12.4. The number of ether oxygens (including phenoxy) is 2. The topological polar surface area (TPSA) is 80.2 Å². The number of hydrogen-bond donors (Lipinski definition) is 1. The summed E-state index contributed by atoms with van der Waals surface area (Å²) in [5, 5.41) is 3.07. The van der Waals surface area contributed by atoms with Crippen molar-refractivity contribution in [1.29, 1.82) is 0 Å². The molecule has 0 radical (unpaired) electrons. The minimum atomic E-state index is -0.505. The molecule has 2 aromatic carbocycles. The molecule has 1 unspecified atom stereocenters. The zero-order valence-corrected chi connectivity index (χ0v) is 20.9. The summed E-state index contributed by atoms with van der Waals surface area (Å²) in [4.78, 5) is 33.0. The molecule has 4 rings (SSSR count). The van der Waals surface area contributed by atoms with Gasteiger partial charge in [0.25, 0.3) is 0 Å². The second kappa shape index (κ2) is 10.5. The molecule has 1 saturated carbocycles. The van der Waals surface area contributed by atoms with Gasteiger partial charge in [0.05, 0.1) is 25.6 Å². The van der Waals surface area contributed by atoms with Crippen LogP contribution in [0.15, 0.2) is 41.4 Å². The van der Waals surface area contributed by atoms with Crippen molar-refractivity contribution in [3.8, 4) is 11.5 Å². The van der Waals surface area contributed by atoms with Crippen molar-refractivity contribution in [2.24, 2.45) is 4.99 Å². The number of benzene rings is 2. The molecule has 1 heterocycles. The van der Waals surface area contributed by atoms with E-state index in [0.717, 1.165) is 42.5 Å². The highest BCUT2D eigenvalue weighted by atomic mass is 32.2. The van der Waals surface area contributed by atoms with Gasteiger partial charge in [0.15, 0.2) is 5.17 Å². The predicted octanol–water partition coefficient (Wildman–Crippen LogP) is 5.22. The molecule has 1 atom stereocenters. The van der Waals surface area contributed by atoms with Crippen molar-refractivity contribution >= 4 is 40.1 Å². The maximum absolute atomic E-state index is 13.4. The molecule has 7 nitrogen and oxygen atoms in total. The van der Waals surface area contributed by atoms with Crippen LogP contribution in [-0.2, 0) is 9.59 Å². The van der Waals surface area contributed by atoms with Gasteiger partial charge in [0.2, 0.25) is 11.8 Å². The lowest BCUT2D eigenvalue weighted by Crippen LogP contribution is -2.40. The van der Waals surface area contributed by atoms with Crippen LogP contribution in [-0.4, -0.2) is 47.4 Å². The number of carbonyl (C=O) groups is 2. The standard InChI is InChI=1S/C26H31N3O4S/c1-16-11-17(2)13-18(12-16)27-26-29(19-7-5-6-8-19)25(31)23(34-26)15-24(30)28-21-10-9-20(32-3)14-22(21)33-4/h9-14,19,23H,5-8,15H2,1-4H3,(H,28,30). The molecular formula is C26H31N3O4S. The second-order valence-corrected chi connectivity index (χ2v) is 9.98. The molecule has 8 heteroatoms. The van der Waals surface area contributed by atoms with E-state index in [9.17, 15) is 9.59 Å². The summed E-state index contributed by atoms with van der Waals surface area (Å²) >= 11 is 1.39. The number of hydrogen-bond acceptors (Lipinski definition) is 6. The normalized spacial score (nSPS) is 19.6. The highest BCUT2D eigenvalue weighted by Gasteiger charge is 2.43. The van der Waals surface area contributed by atoms with Gasteiger partial charge >= 0.3 is 0 Å². The van der Waals surface area contributed by atoms with Crippen LogP contribution in [0.2, 0.25) is 0 Å². The molecule has 0 spiro atoms. The van der Waals surface area contributed by atoms with Gasteiger partial charge in [-0.15, -0.1) is 0 Å². The quantitative estimate of drug-likeness (QED) is 0.586. The Bertz CT molecular complexity index is 1090. The highest BCUT2D eigenvalue weighted by molar-refractivity contribution is 8.15. The Hall–Kier alpha value is -3.00. The van der Waals surface area contributed by atoms with Crippen LogP contribution in [0, 0.1) is 13.8 Å². The van der Waals surface area contributed by atoms with Crippen LogP contribution in [0.4, 0.5) is 11.4 Å². The molecule has 1 saturated heterocycles. The fourth-order valence-corrected chi connectivity index (χ4v) is 5.80. The molecule has 1 aliphatic heterocycles. The van der Waals surface area contributed by atoms with E-state index in [-0.39, 0.29) is 24.3 Å². The SMILES string of the molecule is COc1ccc(NC(=O)CC2SC(=Nc3cc(C)cc(C)c3)N(C3CCCC3)C2=O)c(OC)c1. The van der Waals surface area contributed by atoms with E-state index >= 15 is 0 Å². The molecule has 1 aliphatic carbocycles. The first kappa shape index (κ1) is 24.1. The van der Waals surface area contributed by atoms with Gasteiger partial charge < -0.3 is 14.8 Å². The minimum Gasteiger partial charge on any atom is -0.497 e. The number of rotatable bonds is 7. The third-order valence-electron chi connectivity index (χ3n) is 6.14. The van der Waals surface area contributed by atoms with Gasteiger partial charge in [-0.1, -0.05) is 30.7 Å². The molecule has 2 aromatic rings. The van der Waals surface area contributed by atoms with Crippen LogP contribution in [0.3, 0.4) is 0 Å². The van der Waals surface area contributed by atoms with Crippen molar-refractivity contribution in [3.05, 3.63) is 47.5 Å². The van der Waals surface area contributed by atoms with E-state index in [1.54, 1.807) is 25.3 Å². The van der Waals surface area contributed by atoms with Gasteiger partial charge in [0.1, 0.15) is 16.7 Å². The van der Waals surface area contributed by atoms with Crippen molar-refractivity contribution in [1.82, 2.24) is 4.90 Å². The lowest BCUT2D eigenvalue weighted by atomic mass is 10.1. The van der Waals surface area contributed by atoms with Crippen molar-refractivity contribution in [3.63, 3.8) is 0 Å². The molecule has 0 aromatic heterocycles. The number of aryl methyl sites for hydroxylation is 2. The molecule has 2 amide bonds. The van der Waals surface area contributed by atoms with Crippen LogP contribution < -0.4 is 14.8 Å². The first-order valence-electron chi connectivity index (χ1n) is 11.6. The molecule has 0 bridgehead atoms. The maximum atomic E-state index is 13.4. The number of anilines is 1.